The number of hydrogen-bond acceptors (Lipinski definition) is 6. The number of halogens is 1. The Labute approximate surface area is 174 Å². The van der Waals surface area contributed by atoms with E-state index in [0.29, 0.717) is 11.0 Å². The maximum atomic E-state index is 13.1. The van der Waals surface area contributed by atoms with Gasteiger partial charge in [-0.25, -0.2) is 14.8 Å². The van der Waals surface area contributed by atoms with Gasteiger partial charge in [-0.2, -0.15) is 0 Å². The number of pyridine rings is 1. The Kier molecular flexibility index (Phi) is 5.57. The first kappa shape index (κ1) is 20.7. The number of aromatic nitrogens is 3. The first-order valence-electron chi connectivity index (χ1n) is 9.00. The summed E-state index contributed by atoms with van der Waals surface area (Å²) >= 11 is 6.33. The largest absolute Gasteiger partial charge is 0.497 e. The van der Waals surface area contributed by atoms with Crippen LogP contribution in [-0.2, 0) is 18.3 Å². The average Bonchev–Trinajstić information content (AvgIpc) is 3.04. The van der Waals surface area contributed by atoms with Crippen molar-refractivity contribution in [3.63, 3.8) is 0 Å². The Morgan fingerprint density at radius 1 is 1.28 bits per heavy atom. The minimum atomic E-state index is -0.684. The van der Waals surface area contributed by atoms with Crippen molar-refractivity contribution in [2.75, 3.05) is 17.7 Å². The molecule has 0 radical (unpaired) electrons. The predicted octanol–water partition coefficient (Wildman–Crippen LogP) is 4.15. The second kappa shape index (κ2) is 7.79. The molecule has 8 nitrogen and oxygen atoms in total. The number of hydrogen-bond donors (Lipinski definition) is 1. The van der Waals surface area contributed by atoms with Gasteiger partial charge in [0.15, 0.2) is 5.82 Å². The third kappa shape index (κ3) is 4.37. The molecule has 0 aliphatic rings. The molecule has 2 heterocycles. The first-order valence-corrected chi connectivity index (χ1v) is 9.38. The molecule has 3 aromatic rings. The summed E-state index contributed by atoms with van der Waals surface area (Å²) in [4.78, 5) is 23.2. The third-order valence-corrected chi connectivity index (χ3v) is 4.55. The first-order chi connectivity index (χ1) is 13.6. The molecular weight excluding hydrogens is 394 g/mol. The second-order valence-electron chi connectivity index (χ2n) is 7.60. The fraction of sp³-hybridized carbons (Fsp3) is 0.350. The number of rotatable bonds is 4. The van der Waals surface area contributed by atoms with Crippen LogP contribution in [0.15, 0.2) is 30.6 Å². The van der Waals surface area contributed by atoms with Gasteiger partial charge in [0.25, 0.3) is 0 Å². The number of nitrogens with zero attached hydrogens (tertiary/aromatic N) is 4. The van der Waals surface area contributed by atoms with Gasteiger partial charge in [0.1, 0.15) is 27.7 Å². The highest BCUT2D eigenvalue weighted by atomic mass is 35.5. The van der Waals surface area contributed by atoms with E-state index in [4.69, 9.17) is 26.8 Å². The van der Waals surface area contributed by atoms with Crippen LogP contribution in [0.2, 0.25) is 5.02 Å². The van der Waals surface area contributed by atoms with Gasteiger partial charge in [0, 0.05) is 7.05 Å². The maximum absolute atomic E-state index is 13.1. The van der Waals surface area contributed by atoms with Crippen LogP contribution in [-0.4, -0.2) is 33.3 Å². The number of fused-ring (bicyclic) bond motifs is 1. The summed E-state index contributed by atoms with van der Waals surface area (Å²) in [7, 11) is 3.39. The molecule has 0 fully saturated rings. The molecule has 29 heavy (non-hydrogen) atoms. The number of methoxy groups -OCH3 is 1. The van der Waals surface area contributed by atoms with Crippen LogP contribution in [0.3, 0.4) is 0 Å². The van der Waals surface area contributed by atoms with E-state index in [9.17, 15) is 4.79 Å². The lowest BCUT2D eigenvalue weighted by atomic mass is 10.2. The molecule has 0 aliphatic heterocycles. The fourth-order valence-electron chi connectivity index (χ4n) is 2.83. The minimum absolute atomic E-state index is 0.112. The zero-order valence-corrected chi connectivity index (χ0v) is 17.8. The Morgan fingerprint density at radius 2 is 1.93 bits per heavy atom. The van der Waals surface area contributed by atoms with E-state index in [1.165, 1.54) is 4.90 Å². The van der Waals surface area contributed by atoms with Crippen molar-refractivity contribution in [2.45, 2.75) is 32.9 Å². The van der Waals surface area contributed by atoms with Crippen molar-refractivity contribution < 1.29 is 14.3 Å². The Balaban J connectivity index is 2.11. The van der Waals surface area contributed by atoms with E-state index in [0.717, 1.165) is 11.3 Å². The number of anilines is 2. The molecular formula is C20H24ClN5O3. The molecule has 0 atom stereocenters. The minimum Gasteiger partial charge on any atom is -0.497 e. The average molecular weight is 418 g/mol. The van der Waals surface area contributed by atoms with Gasteiger partial charge in [-0.3, -0.25) is 4.90 Å². The molecule has 0 unspecified atom stereocenters. The summed E-state index contributed by atoms with van der Waals surface area (Å²) in [6, 6.07) is 7.38. The molecule has 0 spiro atoms. The molecule has 154 valence electrons. The molecule has 0 bridgehead atoms. The van der Waals surface area contributed by atoms with E-state index in [-0.39, 0.29) is 23.2 Å². The van der Waals surface area contributed by atoms with Crippen molar-refractivity contribution in [2.24, 2.45) is 7.05 Å². The van der Waals surface area contributed by atoms with Crippen LogP contribution in [0.25, 0.3) is 11.0 Å². The summed E-state index contributed by atoms with van der Waals surface area (Å²) in [5.41, 5.74) is 7.26. The molecule has 2 aromatic heterocycles. The summed E-state index contributed by atoms with van der Waals surface area (Å²) in [6.07, 6.45) is 1.04. The summed E-state index contributed by atoms with van der Waals surface area (Å²) < 4.78 is 12.5. The number of amides is 1. The number of nitrogens with two attached hydrogens (primary N) is 1. The van der Waals surface area contributed by atoms with Crippen molar-refractivity contribution in [3.8, 4) is 5.75 Å². The van der Waals surface area contributed by atoms with E-state index in [1.54, 1.807) is 45.8 Å². The number of nitrogen functional groups attached to an aromatic ring is 1. The highest BCUT2D eigenvalue weighted by Crippen LogP contribution is 2.34. The second-order valence-corrected chi connectivity index (χ2v) is 7.98. The number of aryl methyl sites for hydroxylation is 1. The van der Waals surface area contributed by atoms with Gasteiger partial charge in [-0.1, -0.05) is 23.7 Å². The van der Waals surface area contributed by atoms with Gasteiger partial charge in [-0.15, -0.1) is 0 Å². The van der Waals surface area contributed by atoms with Crippen LogP contribution in [0.4, 0.5) is 16.4 Å². The standard InChI is InChI=1S/C20H24ClN5O3/c1-20(2,3)29-19(27)26(10-12-6-8-13(28-5)9-7-12)18-15-16(25(4)11-23-15)14(21)17(22)24-18/h6-9,11H,10H2,1-5H3,(H2,22,24). The third-order valence-electron chi connectivity index (χ3n) is 4.18. The lowest BCUT2D eigenvalue weighted by Crippen LogP contribution is -2.37. The topological polar surface area (TPSA) is 95.5 Å². The van der Waals surface area contributed by atoms with Gasteiger partial charge >= 0.3 is 6.09 Å². The zero-order valence-electron chi connectivity index (χ0n) is 17.1. The number of imidazole rings is 1. The summed E-state index contributed by atoms with van der Waals surface area (Å²) in [5, 5.41) is 0.289. The normalized spacial score (nSPS) is 11.5. The lowest BCUT2D eigenvalue weighted by molar-refractivity contribution is 0.0577. The van der Waals surface area contributed by atoms with Gasteiger partial charge in [0.2, 0.25) is 0 Å². The summed E-state index contributed by atoms with van der Waals surface area (Å²) in [6.45, 7) is 5.61. The van der Waals surface area contributed by atoms with Gasteiger partial charge < -0.3 is 19.8 Å². The van der Waals surface area contributed by atoms with Crippen LogP contribution in [0.1, 0.15) is 26.3 Å². The molecule has 0 saturated carbocycles. The van der Waals surface area contributed by atoms with E-state index in [1.807, 2.05) is 24.3 Å². The fourth-order valence-corrected chi connectivity index (χ4v) is 3.10. The molecule has 2 N–H and O–H groups in total. The quantitative estimate of drug-likeness (QED) is 0.684. The van der Waals surface area contributed by atoms with E-state index in [2.05, 4.69) is 9.97 Å². The van der Waals surface area contributed by atoms with Crippen LogP contribution in [0.5, 0.6) is 5.75 Å². The molecule has 9 heteroatoms. The number of benzene rings is 1. The van der Waals surface area contributed by atoms with E-state index < -0.39 is 11.7 Å². The van der Waals surface area contributed by atoms with E-state index >= 15 is 0 Å². The number of carbonyl (C=O) groups excluding carboxylic acids is 1. The van der Waals surface area contributed by atoms with Crippen LogP contribution in [0, 0.1) is 0 Å². The van der Waals surface area contributed by atoms with Crippen molar-refractivity contribution in [3.05, 3.63) is 41.2 Å². The van der Waals surface area contributed by atoms with Crippen molar-refractivity contribution in [1.82, 2.24) is 14.5 Å². The van der Waals surface area contributed by atoms with Crippen LogP contribution >= 0.6 is 11.6 Å². The van der Waals surface area contributed by atoms with Gasteiger partial charge in [-0.05, 0) is 38.5 Å². The highest BCUT2D eigenvalue weighted by molar-refractivity contribution is 6.37. The molecule has 3 rings (SSSR count). The molecule has 0 saturated heterocycles. The van der Waals surface area contributed by atoms with Crippen molar-refractivity contribution >= 4 is 40.4 Å². The zero-order chi connectivity index (χ0) is 21.3. The SMILES string of the molecule is COc1ccc(CN(C(=O)OC(C)(C)C)c2nc(N)c(Cl)c3c2ncn3C)cc1. The summed E-state index contributed by atoms with van der Waals surface area (Å²) in [5.74, 6) is 1.12. The maximum Gasteiger partial charge on any atom is 0.416 e. The lowest BCUT2D eigenvalue weighted by Gasteiger charge is -2.27. The van der Waals surface area contributed by atoms with Crippen LogP contribution < -0.4 is 15.4 Å². The Bertz CT molecular complexity index is 1040. The van der Waals surface area contributed by atoms with Gasteiger partial charge in [0.05, 0.1) is 25.5 Å². The number of ether oxygens (including phenoxy) is 2. The highest BCUT2D eigenvalue weighted by Gasteiger charge is 2.28. The monoisotopic (exact) mass is 417 g/mol. The Hall–Kier alpha value is -3.00. The molecule has 1 aromatic carbocycles. The molecule has 0 aliphatic carbocycles. The van der Waals surface area contributed by atoms with Crippen molar-refractivity contribution in [1.29, 1.82) is 0 Å². The Morgan fingerprint density at radius 3 is 2.52 bits per heavy atom. The smallest absolute Gasteiger partial charge is 0.416 e. The molecule has 1 amide bonds. The predicted molar refractivity (Wildman–Crippen MR) is 113 cm³/mol. The number of carbonyl (C=O) groups is 1.